The van der Waals surface area contributed by atoms with Crippen molar-refractivity contribution >= 4 is 28.3 Å². The number of anilines is 2. The van der Waals surface area contributed by atoms with Gasteiger partial charge in [-0.15, -0.1) is 0 Å². The molecule has 1 atom stereocenters. The number of hydrogen-bond donors (Lipinski definition) is 2. The highest BCUT2D eigenvalue weighted by atomic mass is 16.5. The molecule has 0 aliphatic rings. The first-order chi connectivity index (χ1) is 17.0. The molecule has 0 aliphatic carbocycles. The van der Waals surface area contributed by atoms with Gasteiger partial charge in [0.05, 0.1) is 24.2 Å². The summed E-state index contributed by atoms with van der Waals surface area (Å²) in [5.41, 5.74) is 2.31. The van der Waals surface area contributed by atoms with E-state index in [1.165, 1.54) is 6.33 Å². The maximum atomic E-state index is 12.2. The predicted molar refractivity (Wildman–Crippen MR) is 134 cm³/mol. The van der Waals surface area contributed by atoms with Crippen LogP contribution in [0.3, 0.4) is 0 Å². The van der Waals surface area contributed by atoms with Crippen molar-refractivity contribution in [1.29, 1.82) is 0 Å². The molecule has 9 nitrogen and oxygen atoms in total. The summed E-state index contributed by atoms with van der Waals surface area (Å²) in [5.74, 6) is 2.54. The Balaban J connectivity index is 1.62. The van der Waals surface area contributed by atoms with E-state index in [9.17, 15) is 4.79 Å². The second-order valence-corrected chi connectivity index (χ2v) is 7.76. The summed E-state index contributed by atoms with van der Waals surface area (Å²) < 4.78 is 17.5. The number of amides is 1. The van der Waals surface area contributed by atoms with E-state index in [-0.39, 0.29) is 5.91 Å². The molecule has 2 N–H and O–H groups in total. The average Bonchev–Trinajstić information content (AvgIpc) is 2.86. The number of likely N-dealkylation sites (N-methyl/N-ethyl adjacent to an activating group) is 1. The summed E-state index contributed by atoms with van der Waals surface area (Å²) in [6, 6.07) is 14.7. The lowest BCUT2D eigenvalue weighted by molar-refractivity contribution is -0.127. The van der Waals surface area contributed by atoms with Gasteiger partial charge in [0, 0.05) is 24.0 Å². The van der Waals surface area contributed by atoms with Gasteiger partial charge in [-0.2, -0.15) is 0 Å². The van der Waals surface area contributed by atoms with E-state index in [4.69, 9.17) is 14.2 Å². The zero-order valence-corrected chi connectivity index (χ0v) is 20.0. The number of methoxy groups -OCH3 is 1. The molecular formula is C26H27N5O4. The average molecular weight is 474 g/mol. The van der Waals surface area contributed by atoms with Crippen LogP contribution in [0.2, 0.25) is 0 Å². The highest BCUT2D eigenvalue weighted by molar-refractivity contribution is 5.96. The highest BCUT2D eigenvalue weighted by Crippen LogP contribution is 2.36. The third kappa shape index (κ3) is 5.57. The number of nitrogens with one attached hydrogen (secondary N) is 2. The van der Waals surface area contributed by atoms with Crippen molar-refractivity contribution < 1.29 is 19.0 Å². The van der Waals surface area contributed by atoms with Crippen LogP contribution in [0, 0.1) is 6.92 Å². The molecular weight excluding hydrogens is 446 g/mol. The Bertz CT molecular complexity index is 1320. The van der Waals surface area contributed by atoms with Crippen LogP contribution in [-0.4, -0.2) is 40.6 Å². The molecule has 0 fully saturated rings. The largest absolute Gasteiger partial charge is 0.493 e. The van der Waals surface area contributed by atoms with Crippen LogP contribution >= 0.6 is 0 Å². The molecule has 2 aromatic carbocycles. The Morgan fingerprint density at radius 3 is 2.63 bits per heavy atom. The van der Waals surface area contributed by atoms with Gasteiger partial charge in [0.15, 0.2) is 17.6 Å². The normalized spacial score (nSPS) is 11.5. The summed E-state index contributed by atoms with van der Waals surface area (Å²) in [6.45, 7) is 6.01. The van der Waals surface area contributed by atoms with Crippen LogP contribution in [-0.2, 0) is 4.79 Å². The minimum absolute atomic E-state index is 0.194. The number of aromatic nitrogens is 3. The third-order valence-electron chi connectivity index (χ3n) is 5.19. The summed E-state index contributed by atoms with van der Waals surface area (Å²) >= 11 is 0. The highest BCUT2D eigenvalue weighted by Gasteiger charge is 2.18. The molecule has 180 valence electrons. The molecule has 0 aliphatic heterocycles. The van der Waals surface area contributed by atoms with Gasteiger partial charge in [-0.1, -0.05) is 6.07 Å². The Labute approximate surface area is 203 Å². The number of aryl methyl sites for hydroxylation is 1. The molecule has 2 heterocycles. The fraction of sp³-hybridized carbons (Fsp3) is 0.231. The lowest BCUT2D eigenvalue weighted by atomic mass is 10.2. The van der Waals surface area contributed by atoms with Gasteiger partial charge in [-0.05, 0) is 57.2 Å². The van der Waals surface area contributed by atoms with Crippen molar-refractivity contribution in [3.8, 4) is 23.0 Å². The molecule has 0 radical (unpaired) electrons. The van der Waals surface area contributed by atoms with Crippen molar-refractivity contribution in [2.75, 3.05) is 19.0 Å². The number of fused-ring (bicyclic) bond motifs is 1. The maximum Gasteiger partial charge on any atom is 0.260 e. The van der Waals surface area contributed by atoms with Crippen LogP contribution in [0.1, 0.15) is 19.5 Å². The standard InChI is InChI=1S/C26H27N5O4/c1-5-27-26(32)17(3)34-22-8-6-7-20-24(22)25(30-15-29-20)31-18-10-12-21(23(13-18)33-4)35-19-11-9-16(2)28-14-19/h6-15,17H,5H2,1-4H3,(H,27,32)(H,29,30,31)/t17-/m1/s1. The van der Waals surface area contributed by atoms with Gasteiger partial charge >= 0.3 is 0 Å². The quantitative estimate of drug-likeness (QED) is 0.358. The van der Waals surface area contributed by atoms with Crippen molar-refractivity contribution in [2.24, 2.45) is 0 Å². The number of nitrogens with zero attached hydrogens (tertiary/aromatic N) is 3. The van der Waals surface area contributed by atoms with Gasteiger partial charge in [-0.25, -0.2) is 9.97 Å². The van der Waals surface area contributed by atoms with Crippen LogP contribution in [0.4, 0.5) is 11.5 Å². The second-order valence-electron chi connectivity index (χ2n) is 7.76. The lowest BCUT2D eigenvalue weighted by Gasteiger charge is -2.17. The van der Waals surface area contributed by atoms with Gasteiger partial charge in [0.1, 0.15) is 23.6 Å². The minimum atomic E-state index is -0.679. The Hall–Kier alpha value is -4.40. The zero-order chi connectivity index (χ0) is 24.8. The lowest BCUT2D eigenvalue weighted by Crippen LogP contribution is -2.36. The number of carbonyl (C=O) groups excluding carboxylic acids is 1. The third-order valence-corrected chi connectivity index (χ3v) is 5.19. The van der Waals surface area contributed by atoms with E-state index < -0.39 is 6.10 Å². The van der Waals surface area contributed by atoms with E-state index in [2.05, 4.69) is 25.6 Å². The molecule has 9 heteroatoms. The molecule has 4 rings (SSSR count). The molecule has 0 unspecified atom stereocenters. The van der Waals surface area contributed by atoms with Crippen LogP contribution in [0.5, 0.6) is 23.0 Å². The minimum Gasteiger partial charge on any atom is -0.493 e. The van der Waals surface area contributed by atoms with Crippen molar-refractivity contribution in [3.05, 3.63) is 66.7 Å². The van der Waals surface area contributed by atoms with Crippen molar-refractivity contribution in [2.45, 2.75) is 26.9 Å². The monoisotopic (exact) mass is 473 g/mol. The Kier molecular flexibility index (Phi) is 7.25. The fourth-order valence-corrected chi connectivity index (χ4v) is 3.44. The SMILES string of the molecule is CCNC(=O)[C@@H](C)Oc1cccc2ncnc(Nc3ccc(Oc4ccc(C)nc4)c(OC)c3)c12. The number of ether oxygens (including phenoxy) is 3. The second kappa shape index (κ2) is 10.7. The summed E-state index contributed by atoms with van der Waals surface area (Å²) in [6.07, 6.45) is 2.46. The van der Waals surface area contributed by atoms with Crippen LogP contribution in [0.25, 0.3) is 10.9 Å². The molecule has 35 heavy (non-hydrogen) atoms. The Morgan fingerprint density at radius 1 is 1.03 bits per heavy atom. The van der Waals surface area contributed by atoms with Crippen molar-refractivity contribution in [3.63, 3.8) is 0 Å². The molecule has 2 aromatic heterocycles. The van der Waals surface area contributed by atoms with Crippen LogP contribution in [0.15, 0.2) is 61.1 Å². The molecule has 1 amide bonds. The number of hydrogen-bond acceptors (Lipinski definition) is 8. The van der Waals surface area contributed by atoms with E-state index >= 15 is 0 Å². The zero-order valence-electron chi connectivity index (χ0n) is 20.0. The van der Waals surface area contributed by atoms with E-state index in [0.717, 1.165) is 11.4 Å². The molecule has 4 aromatic rings. The number of benzene rings is 2. The van der Waals surface area contributed by atoms with Crippen molar-refractivity contribution in [1.82, 2.24) is 20.3 Å². The number of carbonyl (C=O) groups is 1. The number of rotatable bonds is 9. The first kappa shape index (κ1) is 23.7. The number of pyridine rings is 1. The molecule has 0 saturated heterocycles. The summed E-state index contributed by atoms with van der Waals surface area (Å²) in [7, 11) is 1.58. The predicted octanol–water partition coefficient (Wildman–Crippen LogP) is 4.78. The van der Waals surface area contributed by atoms with Crippen LogP contribution < -0.4 is 24.8 Å². The molecule has 0 saturated carbocycles. The van der Waals surface area contributed by atoms with E-state index in [1.807, 2.05) is 50.2 Å². The van der Waals surface area contributed by atoms with Gasteiger partial charge in [0.2, 0.25) is 0 Å². The maximum absolute atomic E-state index is 12.2. The van der Waals surface area contributed by atoms with Gasteiger partial charge in [-0.3, -0.25) is 9.78 Å². The van der Waals surface area contributed by atoms with E-state index in [0.29, 0.717) is 46.3 Å². The summed E-state index contributed by atoms with van der Waals surface area (Å²) in [4.78, 5) is 25.2. The first-order valence-corrected chi connectivity index (χ1v) is 11.2. The Morgan fingerprint density at radius 2 is 1.89 bits per heavy atom. The topological polar surface area (TPSA) is 107 Å². The smallest absolute Gasteiger partial charge is 0.260 e. The van der Waals surface area contributed by atoms with Gasteiger partial charge in [0.25, 0.3) is 5.91 Å². The van der Waals surface area contributed by atoms with Gasteiger partial charge < -0.3 is 24.8 Å². The fourth-order valence-electron chi connectivity index (χ4n) is 3.44. The van der Waals surface area contributed by atoms with E-state index in [1.54, 1.807) is 32.4 Å². The molecule has 0 spiro atoms. The molecule has 0 bridgehead atoms. The first-order valence-electron chi connectivity index (χ1n) is 11.2. The summed E-state index contributed by atoms with van der Waals surface area (Å²) in [5, 5.41) is 6.74.